The summed E-state index contributed by atoms with van der Waals surface area (Å²) in [5.41, 5.74) is -1.21. The van der Waals surface area contributed by atoms with Crippen LogP contribution >= 0.6 is 0 Å². The van der Waals surface area contributed by atoms with Gasteiger partial charge < -0.3 is 10.2 Å². The zero-order chi connectivity index (χ0) is 15.4. The highest BCUT2D eigenvalue weighted by molar-refractivity contribution is 5.80. The van der Waals surface area contributed by atoms with E-state index in [9.17, 15) is 26.7 Å². The lowest BCUT2D eigenvalue weighted by Gasteiger charge is -2.19. The zero-order valence-corrected chi connectivity index (χ0v) is 10.9. The summed E-state index contributed by atoms with van der Waals surface area (Å²) in [6, 6.07) is 0. The normalized spacial score (nSPS) is 10.6. The molecular weight excluding hydrogens is 283 g/mol. The standard InChI is InChI=1S/C12H13F5N2O/c1-3-19(4-2)6(20)5-18-12-10(16)8(14)7(13)9(15)11(12)17/h18H,3-5H2,1-2H3. The zero-order valence-electron chi connectivity index (χ0n) is 10.9. The van der Waals surface area contributed by atoms with Crippen LogP contribution in [0.5, 0.6) is 0 Å². The highest BCUT2D eigenvalue weighted by atomic mass is 19.2. The largest absolute Gasteiger partial charge is 0.371 e. The van der Waals surface area contributed by atoms with Crippen molar-refractivity contribution < 1.29 is 26.7 Å². The first kappa shape index (κ1) is 16.2. The van der Waals surface area contributed by atoms with Gasteiger partial charge in [-0.3, -0.25) is 4.79 Å². The maximum absolute atomic E-state index is 13.3. The van der Waals surface area contributed by atoms with Crippen LogP contribution in [0.4, 0.5) is 27.6 Å². The van der Waals surface area contributed by atoms with Crippen molar-refractivity contribution in [2.24, 2.45) is 0 Å². The average Bonchev–Trinajstić information content (AvgIpc) is 2.44. The number of hydrogen-bond acceptors (Lipinski definition) is 2. The van der Waals surface area contributed by atoms with Crippen LogP contribution in [0.15, 0.2) is 0 Å². The minimum Gasteiger partial charge on any atom is -0.371 e. The number of amides is 1. The molecule has 0 fully saturated rings. The summed E-state index contributed by atoms with van der Waals surface area (Å²) in [4.78, 5) is 12.9. The SMILES string of the molecule is CCN(CC)C(=O)CNc1c(F)c(F)c(F)c(F)c1F. The number of carbonyl (C=O) groups excluding carboxylic acids is 1. The Hall–Kier alpha value is -1.86. The third kappa shape index (κ3) is 3.00. The highest BCUT2D eigenvalue weighted by Gasteiger charge is 2.26. The number of anilines is 1. The minimum atomic E-state index is -2.24. The second-order valence-corrected chi connectivity index (χ2v) is 3.86. The van der Waals surface area contributed by atoms with Crippen LogP contribution in [0.2, 0.25) is 0 Å². The van der Waals surface area contributed by atoms with Crippen LogP contribution < -0.4 is 5.32 Å². The lowest BCUT2D eigenvalue weighted by atomic mass is 10.2. The van der Waals surface area contributed by atoms with Crippen LogP contribution in [-0.4, -0.2) is 30.4 Å². The molecule has 0 aliphatic heterocycles. The second-order valence-electron chi connectivity index (χ2n) is 3.86. The van der Waals surface area contributed by atoms with E-state index in [-0.39, 0.29) is 0 Å². The highest BCUT2D eigenvalue weighted by Crippen LogP contribution is 2.26. The van der Waals surface area contributed by atoms with Crippen molar-refractivity contribution in [3.63, 3.8) is 0 Å². The smallest absolute Gasteiger partial charge is 0.241 e. The Bertz CT molecular complexity index is 488. The van der Waals surface area contributed by atoms with E-state index in [1.165, 1.54) is 4.90 Å². The maximum atomic E-state index is 13.3. The van der Waals surface area contributed by atoms with Gasteiger partial charge in [0.15, 0.2) is 23.3 Å². The van der Waals surface area contributed by atoms with Crippen LogP contribution in [0.25, 0.3) is 0 Å². The Labute approximate surface area is 112 Å². The molecule has 0 bridgehead atoms. The first-order chi connectivity index (χ1) is 9.34. The Morgan fingerprint density at radius 1 is 0.900 bits per heavy atom. The van der Waals surface area contributed by atoms with E-state index in [1.54, 1.807) is 13.8 Å². The summed E-state index contributed by atoms with van der Waals surface area (Å²) in [6.45, 7) is 3.56. The molecule has 0 unspecified atom stereocenters. The lowest BCUT2D eigenvalue weighted by Crippen LogP contribution is -2.35. The van der Waals surface area contributed by atoms with Crippen LogP contribution in [0, 0.1) is 29.1 Å². The van der Waals surface area contributed by atoms with E-state index in [2.05, 4.69) is 0 Å². The molecule has 3 nitrogen and oxygen atoms in total. The van der Waals surface area contributed by atoms with Crippen molar-refractivity contribution in [3.8, 4) is 0 Å². The van der Waals surface area contributed by atoms with Gasteiger partial charge in [-0.25, -0.2) is 22.0 Å². The third-order valence-electron chi connectivity index (χ3n) is 2.74. The molecular formula is C12H13F5N2O. The fraction of sp³-hybridized carbons (Fsp3) is 0.417. The summed E-state index contributed by atoms with van der Waals surface area (Å²) in [5.74, 6) is -10.8. The predicted molar refractivity (Wildman–Crippen MR) is 62.6 cm³/mol. The number of benzene rings is 1. The fourth-order valence-electron chi connectivity index (χ4n) is 1.61. The molecule has 1 aromatic carbocycles. The average molecular weight is 296 g/mol. The Morgan fingerprint density at radius 3 is 1.70 bits per heavy atom. The summed E-state index contributed by atoms with van der Waals surface area (Å²) in [7, 11) is 0. The number of nitrogens with zero attached hydrogens (tertiary/aromatic N) is 1. The first-order valence-electron chi connectivity index (χ1n) is 5.88. The van der Waals surface area contributed by atoms with Gasteiger partial charge in [-0.15, -0.1) is 0 Å². The van der Waals surface area contributed by atoms with Gasteiger partial charge in [-0.2, -0.15) is 0 Å². The first-order valence-corrected chi connectivity index (χ1v) is 5.88. The topological polar surface area (TPSA) is 32.3 Å². The Balaban J connectivity index is 2.97. The quantitative estimate of drug-likeness (QED) is 0.515. The summed E-state index contributed by atoms with van der Waals surface area (Å²) < 4.78 is 65.3. The predicted octanol–water partition coefficient (Wildman–Crippen LogP) is 2.66. The monoisotopic (exact) mass is 296 g/mol. The molecule has 1 amide bonds. The van der Waals surface area contributed by atoms with Gasteiger partial charge in [0.1, 0.15) is 5.69 Å². The van der Waals surface area contributed by atoms with Gasteiger partial charge in [0.05, 0.1) is 6.54 Å². The Morgan fingerprint density at radius 2 is 1.30 bits per heavy atom. The molecule has 0 heterocycles. The van der Waals surface area contributed by atoms with Crippen LogP contribution in [0.1, 0.15) is 13.8 Å². The van der Waals surface area contributed by atoms with E-state index in [0.717, 1.165) is 0 Å². The summed E-state index contributed by atoms with van der Waals surface area (Å²) in [5, 5.41) is 1.95. The van der Waals surface area contributed by atoms with Gasteiger partial charge >= 0.3 is 0 Å². The number of carbonyl (C=O) groups is 1. The molecule has 0 atom stereocenters. The molecule has 1 rings (SSSR count). The number of likely N-dealkylation sites (N-methyl/N-ethyl adjacent to an activating group) is 1. The van der Waals surface area contributed by atoms with Crippen molar-refractivity contribution in [1.29, 1.82) is 0 Å². The summed E-state index contributed by atoms with van der Waals surface area (Å²) in [6.07, 6.45) is 0. The van der Waals surface area contributed by atoms with E-state index < -0.39 is 47.2 Å². The third-order valence-corrected chi connectivity index (χ3v) is 2.74. The van der Waals surface area contributed by atoms with Gasteiger partial charge in [0.25, 0.3) is 0 Å². The molecule has 0 aliphatic carbocycles. The molecule has 0 radical (unpaired) electrons. The molecule has 20 heavy (non-hydrogen) atoms. The molecule has 0 spiro atoms. The number of rotatable bonds is 5. The molecule has 8 heteroatoms. The maximum Gasteiger partial charge on any atom is 0.241 e. The Kier molecular flexibility index (Phi) is 5.29. The van der Waals surface area contributed by atoms with Crippen LogP contribution in [0.3, 0.4) is 0 Å². The summed E-state index contributed by atoms with van der Waals surface area (Å²) >= 11 is 0. The second kappa shape index (κ2) is 6.53. The number of hydrogen-bond donors (Lipinski definition) is 1. The number of nitrogens with one attached hydrogen (secondary N) is 1. The molecule has 0 aromatic heterocycles. The van der Waals surface area contributed by atoms with Crippen molar-refractivity contribution >= 4 is 11.6 Å². The number of halogens is 5. The van der Waals surface area contributed by atoms with Crippen LogP contribution in [-0.2, 0) is 4.79 Å². The minimum absolute atomic E-state index is 0.369. The van der Waals surface area contributed by atoms with E-state index in [4.69, 9.17) is 0 Å². The van der Waals surface area contributed by atoms with Crippen molar-refractivity contribution in [2.45, 2.75) is 13.8 Å². The molecule has 1 aromatic rings. The van der Waals surface area contributed by atoms with Gasteiger partial charge in [-0.05, 0) is 13.8 Å². The molecule has 112 valence electrons. The van der Waals surface area contributed by atoms with Gasteiger partial charge in [-0.1, -0.05) is 0 Å². The van der Waals surface area contributed by atoms with Gasteiger partial charge in [0, 0.05) is 13.1 Å². The molecule has 1 N–H and O–H groups in total. The molecule has 0 saturated heterocycles. The van der Waals surface area contributed by atoms with Crippen molar-refractivity contribution in [3.05, 3.63) is 29.1 Å². The van der Waals surface area contributed by atoms with Gasteiger partial charge in [0.2, 0.25) is 11.7 Å². The molecule has 0 aliphatic rings. The molecule has 0 saturated carbocycles. The fourth-order valence-corrected chi connectivity index (χ4v) is 1.61. The van der Waals surface area contributed by atoms with Crippen molar-refractivity contribution in [1.82, 2.24) is 4.90 Å². The van der Waals surface area contributed by atoms with Crippen molar-refractivity contribution in [2.75, 3.05) is 25.0 Å². The van der Waals surface area contributed by atoms with E-state index >= 15 is 0 Å². The lowest BCUT2D eigenvalue weighted by molar-refractivity contribution is -0.128. The van der Waals surface area contributed by atoms with E-state index in [0.29, 0.717) is 13.1 Å². The van der Waals surface area contributed by atoms with E-state index in [1.807, 2.05) is 5.32 Å².